The molecule has 3 aliphatic heterocycles. The summed E-state index contributed by atoms with van der Waals surface area (Å²) in [5.41, 5.74) is 0.565. The van der Waals surface area contributed by atoms with Gasteiger partial charge in [-0.25, -0.2) is 24.4 Å². The normalized spacial score (nSPS) is 33.6. The maximum absolute atomic E-state index is 17.1. The van der Waals surface area contributed by atoms with Crippen LogP contribution in [-0.2, 0) is 49.4 Å². The van der Waals surface area contributed by atoms with Gasteiger partial charge >= 0.3 is 11.9 Å². The molecule has 0 aliphatic carbocycles. The molecular weight excluding hydrogens is 852 g/mol. The van der Waals surface area contributed by atoms with Gasteiger partial charge in [-0.2, -0.15) is 0 Å². The quantitative estimate of drug-likeness (QED) is 0.126. The van der Waals surface area contributed by atoms with Gasteiger partial charge in [0.15, 0.2) is 18.2 Å². The molecule has 3 saturated heterocycles. The van der Waals surface area contributed by atoms with E-state index >= 15 is 4.39 Å². The zero-order chi connectivity index (χ0) is 48.1. The number of cyclic esters (lactones) is 1. The Balaban J connectivity index is 1.30. The summed E-state index contributed by atoms with van der Waals surface area (Å²) in [6.45, 7) is 12.0. The van der Waals surface area contributed by atoms with Crippen molar-refractivity contribution >= 4 is 29.4 Å². The molecule has 1 N–H and O–H groups in total. The van der Waals surface area contributed by atoms with E-state index < -0.39 is 95.5 Å². The zero-order valence-electron chi connectivity index (χ0n) is 39.8. The van der Waals surface area contributed by atoms with Crippen LogP contribution in [-0.4, -0.2) is 136 Å². The first-order valence-electron chi connectivity index (χ1n) is 23.0. The van der Waals surface area contributed by atoms with Crippen LogP contribution in [0.5, 0.6) is 0 Å². The minimum absolute atomic E-state index is 0.0157. The number of ether oxygens (including phenoxy) is 5. The number of alkyl halides is 1. The SMILES string of the molecule is CC[C@H]1OC(=O)[C@@](C)(F)C(=O)[C@H](C)[C@@H](OC2O[C@H](C)C[C@H](N(C)C)[C@H]2OC(=O)c2ccccc2)[C@@](C)(OC)C[C@@H](C)C(=O)[C@H](C)[C@@H]2C1CC(=O)N2NCCCn1cnc(-c2cccnc2)c1. The van der Waals surface area contributed by atoms with E-state index in [1.54, 1.807) is 76.7 Å². The Kier molecular flexibility index (Phi) is 16.3. The van der Waals surface area contributed by atoms with Crippen LogP contribution in [0.4, 0.5) is 4.39 Å². The smallest absolute Gasteiger partial charge is 0.351 e. The van der Waals surface area contributed by atoms with Crippen molar-refractivity contribution in [2.24, 2.45) is 23.7 Å². The third-order valence-electron chi connectivity index (χ3n) is 13.7. The molecule has 13 atom stereocenters. The van der Waals surface area contributed by atoms with E-state index in [0.717, 1.165) is 18.2 Å². The Morgan fingerprint density at radius 1 is 1.03 bits per heavy atom. The molecule has 17 heteroatoms. The summed E-state index contributed by atoms with van der Waals surface area (Å²) in [4.78, 5) is 81.5. The van der Waals surface area contributed by atoms with Gasteiger partial charge in [-0.3, -0.25) is 24.4 Å². The predicted molar refractivity (Wildman–Crippen MR) is 241 cm³/mol. The summed E-state index contributed by atoms with van der Waals surface area (Å²) < 4.78 is 50.5. The van der Waals surface area contributed by atoms with E-state index in [2.05, 4.69) is 15.4 Å². The lowest BCUT2D eigenvalue weighted by molar-refractivity contribution is -0.294. The average Bonchev–Trinajstić information content (AvgIpc) is 3.92. The zero-order valence-corrected chi connectivity index (χ0v) is 39.8. The highest BCUT2D eigenvalue weighted by atomic mass is 19.1. The number of imidazole rings is 1. The number of amides is 1. The molecule has 3 fully saturated rings. The van der Waals surface area contributed by atoms with Crippen LogP contribution in [0, 0.1) is 23.7 Å². The Hall–Kier alpha value is -4.94. The van der Waals surface area contributed by atoms with E-state index in [0.29, 0.717) is 31.5 Å². The fourth-order valence-corrected chi connectivity index (χ4v) is 10.0. The molecule has 66 heavy (non-hydrogen) atoms. The Morgan fingerprint density at radius 2 is 1.76 bits per heavy atom. The molecule has 0 saturated carbocycles. The van der Waals surface area contributed by atoms with E-state index in [4.69, 9.17) is 23.7 Å². The Bertz CT molecular complexity index is 2160. The number of carbonyl (C=O) groups is 5. The van der Waals surface area contributed by atoms with Crippen molar-refractivity contribution < 1.29 is 52.0 Å². The molecule has 0 bridgehead atoms. The van der Waals surface area contributed by atoms with Crippen LogP contribution in [0.25, 0.3) is 11.3 Å². The van der Waals surface area contributed by atoms with Gasteiger partial charge < -0.3 is 33.2 Å². The number of aryl methyl sites for hydroxylation is 1. The number of benzene rings is 1. The van der Waals surface area contributed by atoms with Gasteiger partial charge in [-0.15, -0.1) is 0 Å². The van der Waals surface area contributed by atoms with Gasteiger partial charge in [-0.05, 0) is 84.8 Å². The first-order valence-corrected chi connectivity index (χ1v) is 23.0. The van der Waals surface area contributed by atoms with E-state index in [1.807, 2.05) is 48.8 Å². The van der Waals surface area contributed by atoms with Gasteiger partial charge in [0.1, 0.15) is 11.9 Å². The monoisotopic (exact) mass is 918 g/mol. The number of hydrazine groups is 1. The maximum Gasteiger partial charge on any atom is 0.351 e. The molecule has 2 unspecified atom stereocenters. The molecule has 16 nitrogen and oxygen atoms in total. The number of aromatic nitrogens is 3. The number of nitrogens with one attached hydrogen (secondary N) is 1. The summed E-state index contributed by atoms with van der Waals surface area (Å²) in [7, 11) is 5.09. The summed E-state index contributed by atoms with van der Waals surface area (Å²) in [5, 5.41) is 1.47. The van der Waals surface area contributed by atoms with Crippen molar-refractivity contribution in [2.45, 2.75) is 141 Å². The van der Waals surface area contributed by atoms with E-state index in [1.165, 1.54) is 19.0 Å². The molecule has 6 rings (SSSR count). The third-order valence-corrected chi connectivity index (χ3v) is 13.7. The number of esters is 2. The van der Waals surface area contributed by atoms with E-state index in [-0.39, 0.29) is 31.0 Å². The molecule has 0 spiro atoms. The van der Waals surface area contributed by atoms with Crippen molar-refractivity contribution in [3.8, 4) is 11.3 Å². The highest BCUT2D eigenvalue weighted by molar-refractivity contribution is 6.08. The summed E-state index contributed by atoms with van der Waals surface area (Å²) in [5.74, 6) is -7.33. The summed E-state index contributed by atoms with van der Waals surface area (Å²) in [6.07, 6.45) is 3.12. The van der Waals surface area contributed by atoms with Crippen molar-refractivity contribution in [2.75, 3.05) is 27.7 Å². The molecule has 2 aromatic heterocycles. The molecule has 1 amide bonds. The summed E-state index contributed by atoms with van der Waals surface area (Å²) in [6, 6.07) is 11.0. The first kappa shape index (κ1) is 50.5. The molecule has 0 radical (unpaired) electrons. The first-order chi connectivity index (χ1) is 31.3. The second-order valence-electron chi connectivity index (χ2n) is 18.8. The van der Waals surface area contributed by atoms with Crippen LogP contribution >= 0.6 is 0 Å². The molecule has 5 heterocycles. The van der Waals surface area contributed by atoms with Gasteiger partial charge in [0.25, 0.3) is 5.67 Å². The number of fused-ring (bicyclic) bond motifs is 1. The number of hydrogen-bond acceptors (Lipinski definition) is 14. The number of methoxy groups -OCH3 is 1. The van der Waals surface area contributed by atoms with Crippen molar-refractivity contribution in [3.63, 3.8) is 0 Å². The third kappa shape index (κ3) is 10.9. The van der Waals surface area contributed by atoms with Crippen molar-refractivity contribution in [1.29, 1.82) is 0 Å². The molecular formula is C49H67FN6O10. The highest BCUT2D eigenvalue weighted by Crippen LogP contribution is 2.42. The number of pyridine rings is 1. The van der Waals surface area contributed by atoms with Crippen molar-refractivity contribution in [1.82, 2.24) is 29.9 Å². The van der Waals surface area contributed by atoms with Crippen molar-refractivity contribution in [3.05, 3.63) is 72.9 Å². The van der Waals surface area contributed by atoms with Gasteiger partial charge in [0, 0.05) is 74.4 Å². The van der Waals surface area contributed by atoms with Gasteiger partial charge in [0.05, 0.1) is 47.5 Å². The molecule has 3 aromatic rings. The van der Waals surface area contributed by atoms with Crippen LogP contribution in [0.2, 0.25) is 0 Å². The lowest BCUT2D eigenvalue weighted by Crippen LogP contribution is -2.61. The largest absolute Gasteiger partial charge is 0.459 e. The number of Topliss-reactive ketones (excluding diaryl/α,β-unsaturated/α-hetero) is 2. The molecule has 360 valence electrons. The Morgan fingerprint density at radius 3 is 2.41 bits per heavy atom. The lowest BCUT2D eigenvalue weighted by Gasteiger charge is -2.47. The number of ketones is 2. The number of nitrogens with zero attached hydrogens (tertiary/aromatic N) is 5. The fraction of sp³-hybridized carbons (Fsp3) is 0.612. The van der Waals surface area contributed by atoms with Crippen LogP contribution in [0.1, 0.15) is 90.9 Å². The van der Waals surface area contributed by atoms with E-state index in [9.17, 15) is 24.0 Å². The number of hydrogen-bond donors (Lipinski definition) is 1. The lowest BCUT2D eigenvalue weighted by atomic mass is 9.74. The summed E-state index contributed by atoms with van der Waals surface area (Å²) >= 11 is 0. The Labute approximate surface area is 387 Å². The second kappa shape index (κ2) is 21.3. The standard InChI is InChI=1S/C49H67FN6O10/c1-11-38-35-24-39(57)56(53-21-16-22-55-27-36(52-28-55)34-19-15-20-51-26-34)40(35)31(4)41(58)29(2)25-48(6,62-10)44(32(5)43(59)49(7,50)47(61)64-38)66-46-42(37(54(8)9)23-30(3)63-46)65-45(60)33-17-13-12-14-18-33/h12-15,17-20,26-32,35,37-38,40,42,44,46,53H,11,16,21-25H2,1-10H3/t29-,30-,31-,32+,35?,37+,38-,40-,42-,44-,46?,48+,49+/m1/s1. The fourth-order valence-electron chi connectivity index (χ4n) is 10.0. The van der Waals surface area contributed by atoms with Crippen LogP contribution in [0.3, 0.4) is 0 Å². The number of rotatable bonds is 13. The van der Waals surface area contributed by atoms with Crippen LogP contribution in [0.15, 0.2) is 67.4 Å². The predicted octanol–water partition coefficient (Wildman–Crippen LogP) is 5.64. The average molecular weight is 919 g/mol. The second-order valence-corrected chi connectivity index (χ2v) is 18.8. The van der Waals surface area contributed by atoms with Gasteiger partial charge in [-0.1, -0.05) is 45.9 Å². The van der Waals surface area contributed by atoms with Crippen LogP contribution < -0.4 is 5.43 Å². The molecule has 3 aliphatic rings. The molecule has 1 aromatic carbocycles. The number of halogens is 1. The number of carbonyl (C=O) groups excluding carboxylic acids is 5. The minimum Gasteiger partial charge on any atom is -0.459 e. The minimum atomic E-state index is -3.17. The highest BCUT2D eigenvalue weighted by Gasteiger charge is 2.57. The topological polar surface area (TPSA) is 181 Å². The van der Waals surface area contributed by atoms with Gasteiger partial charge in [0.2, 0.25) is 5.91 Å². The number of likely N-dealkylation sites (N-methyl/N-ethyl adjacent to an activating group) is 1. The maximum atomic E-state index is 17.1.